The summed E-state index contributed by atoms with van der Waals surface area (Å²) >= 11 is 0. The molecule has 1 amide bonds. The summed E-state index contributed by atoms with van der Waals surface area (Å²) in [6, 6.07) is 2.01. The molecular weight excluding hydrogens is 276 g/mol. The van der Waals surface area contributed by atoms with E-state index >= 15 is 0 Å². The van der Waals surface area contributed by atoms with Gasteiger partial charge in [-0.05, 0) is 49.7 Å². The van der Waals surface area contributed by atoms with Gasteiger partial charge in [-0.2, -0.15) is 0 Å². The van der Waals surface area contributed by atoms with E-state index in [0.717, 1.165) is 43.6 Å². The van der Waals surface area contributed by atoms with E-state index in [1.165, 1.54) is 5.56 Å². The van der Waals surface area contributed by atoms with Gasteiger partial charge >= 0.3 is 0 Å². The molecule has 1 saturated carbocycles. The van der Waals surface area contributed by atoms with Gasteiger partial charge in [-0.15, -0.1) is 0 Å². The van der Waals surface area contributed by atoms with Crippen molar-refractivity contribution in [2.24, 2.45) is 13.0 Å². The highest BCUT2D eigenvalue weighted by Crippen LogP contribution is 2.40. The Hall–Kier alpha value is -2.17. The van der Waals surface area contributed by atoms with Crippen LogP contribution in [-0.2, 0) is 19.9 Å². The summed E-state index contributed by atoms with van der Waals surface area (Å²) in [5.41, 5.74) is 3.05. The highest BCUT2D eigenvalue weighted by atomic mass is 16.1. The number of carbonyl (C=O) groups excluding carboxylic acids is 1. The molecule has 2 aromatic heterocycles. The van der Waals surface area contributed by atoms with E-state index in [4.69, 9.17) is 0 Å². The van der Waals surface area contributed by atoms with E-state index in [9.17, 15) is 4.79 Å². The van der Waals surface area contributed by atoms with Gasteiger partial charge in [0.25, 0.3) is 5.91 Å². The predicted octanol–water partition coefficient (Wildman–Crippen LogP) is 2.18. The zero-order chi connectivity index (χ0) is 15.1. The molecule has 2 aromatic rings. The van der Waals surface area contributed by atoms with E-state index in [1.807, 2.05) is 23.9 Å². The van der Waals surface area contributed by atoms with Gasteiger partial charge in [-0.1, -0.05) is 0 Å². The summed E-state index contributed by atoms with van der Waals surface area (Å²) in [7, 11) is 1.97. The second-order valence-corrected chi connectivity index (χ2v) is 6.37. The van der Waals surface area contributed by atoms with Crippen molar-refractivity contribution in [1.82, 2.24) is 19.9 Å². The number of imidazole rings is 1. The molecule has 114 valence electrons. The molecule has 0 aromatic carbocycles. The first kappa shape index (κ1) is 13.5. The number of fused-ring (bicyclic) bond motifs is 1. The van der Waals surface area contributed by atoms with Gasteiger partial charge in [-0.25, -0.2) is 4.98 Å². The lowest BCUT2D eigenvalue weighted by atomic mass is 10.1. The lowest BCUT2D eigenvalue weighted by molar-refractivity contribution is 0.0928. The highest BCUT2D eigenvalue weighted by molar-refractivity contribution is 5.94. The predicted molar refractivity (Wildman–Crippen MR) is 82.4 cm³/mol. The van der Waals surface area contributed by atoms with Gasteiger partial charge in [0.05, 0.1) is 11.6 Å². The Morgan fingerprint density at radius 2 is 2.23 bits per heavy atom. The molecule has 5 heteroatoms. The molecule has 5 nitrogen and oxygen atoms in total. The summed E-state index contributed by atoms with van der Waals surface area (Å²) in [6.45, 7) is 0. The maximum atomic E-state index is 12.6. The van der Waals surface area contributed by atoms with Crippen molar-refractivity contribution in [1.29, 1.82) is 0 Å². The van der Waals surface area contributed by atoms with Gasteiger partial charge in [0, 0.05) is 31.3 Å². The fourth-order valence-electron chi connectivity index (χ4n) is 3.27. The molecule has 1 N–H and O–H groups in total. The summed E-state index contributed by atoms with van der Waals surface area (Å²) in [6.07, 6.45) is 10.9. The van der Waals surface area contributed by atoms with E-state index < -0.39 is 0 Å². The number of hydrogen-bond acceptors (Lipinski definition) is 3. The number of hydrogen-bond donors (Lipinski definition) is 1. The smallest absolute Gasteiger partial charge is 0.253 e. The van der Waals surface area contributed by atoms with E-state index in [-0.39, 0.29) is 11.9 Å². The molecule has 2 aliphatic carbocycles. The molecule has 0 spiro atoms. The van der Waals surface area contributed by atoms with Crippen LogP contribution in [-0.4, -0.2) is 20.4 Å². The average Bonchev–Trinajstić information content (AvgIpc) is 3.10. The van der Waals surface area contributed by atoms with Crippen LogP contribution in [0.5, 0.6) is 0 Å². The quantitative estimate of drug-likeness (QED) is 0.941. The van der Waals surface area contributed by atoms with Crippen molar-refractivity contribution in [3.05, 3.63) is 47.3 Å². The number of nitrogens with one attached hydrogen (secondary N) is 1. The van der Waals surface area contributed by atoms with Gasteiger partial charge in [0.15, 0.2) is 0 Å². The molecule has 1 fully saturated rings. The Kier molecular flexibility index (Phi) is 3.21. The highest BCUT2D eigenvalue weighted by Gasteiger charge is 2.36. The Bertz CT molecular complexity index is 717. The van der Waals surface area contributed by atoms with Crippen molar-refractivity contribution in [2.45, 2.75) is 38.1 Å². The maximum Gasteiger partial charge on any atom is 0.253 e. The van der Waals surface area contributed by atoms with E-state index in [0.29, 0.717) is 11.5 Å². The number of aryl methyl sites for hydroxylation is 3. The van der Waals surface area contributed by atoms with Gasteiger partial charge in [0.2, 0.25) is 0 Å². The van der Waals surface area contributed by atoms with Crippen molar-refractivity contribution in [3.8, 4) is 0 Å². The van der Waals surface area contributed by atoms with Crippen molar-refractivity contribution < 1.29 is 4.79 Å². The number of pyridine rings is 1. The molecule has 1 unspecified atom stereocenters. The topological polar surface area (TPSA) is 59.8 Å². The number of nitrogens with zero attached hydrogens (tertiary/aromatic N) is 3. The zero-order valence-corrected chi connectivity index (χ0v) is 12.7. The molecule has 0 radical (unpaired) electrons. The van der Waals surface area contributed by atoms with Crippen molar-refractivity contribution in [2.75, 3.05) is 0 Å². The fourth-order valence-corrected chi connectivity index (χ4v) is 3.27. The first-order valence-electron chi connectivity index (χ1n) is 7.98. The largest absolute Gasteiger partial charge is 0.342 e. The second-order valence-electron chi connectivity index (χ2n) is 6.37. The van der Waals surface area contributed by atoms with Crippen molar-refractivity contribution >= 4 is 5.91 Å². The molecule has 1 atom stereocenters. The van der Waals surface area contributed by atoms with Crippen LogP contribution in [0.1, 0.15) is 52.7 Å². The number of aromatic nitrogens is 3. The lowest BCUT2D eigenvalue weighted by Crippen LogP contribution is -2.31. The third-order valence-corrected chi connectivity index (χ3v) is 4.70. The second kappa shape index (κ2) is 5.23. The molecular formula is C17H20N4O. The van der Waals surface area contributed by atoms with E-state index in [1.54, 1.807) is 12.4 Å². The molecule has 22 heavy (non-hydrogen) atoms. The molecule has 0 saturated heterocycles. The Balaban J connectivity index is 1.56. The fraction of sp³-hybridized carbons (Fsp3) is 0.471. The number of rotatable bonds is 4. The lowest BCUT2D eigenvalue weighted by Gasteiger charge is -2.18. The van der Waals surface area contributed by atoms with Crippen molar-refractivity contribution in [3.63, 3.8) is 0 Å². The van der Waals surface area contributed by atoms with Gasteiger partial charge < -0.3 is 9.88 Å². The minimum atomic E-state index is -0.0397. The van der Waals surface area contributed by atoms with Crippen LogP contribution in [0.4, 0.5) is 0 Å². The Labute approximate surface area is 129 Å². The van der Waals surface area contributed by atoms with Gasteiger partial charge in [-0.3, -0.25) is 9.78 Å². The first-order chi connectivity index (χ1) is 10.7. The molecule has 2 heterocycles. The number of carbonyl (C=O) groups is 1. The van der Waals surface area contributed by atoms with Crippen LogP contribution in [0.2, 0.25) is 0 Å². The maximum absolute atomic E-state index is 12.6. The SMILES string of the molecule is Cn1ccnc1C(NC(=O)c1cnc2c(c1)CCC2)C1CC1. The standard InChI is InChI=1S/C17H20N4O/c1-21-8-7-18-16(21)15(11-5-6-11)20-17(22)13-9-12-3-2-4-14(12)19-10-13/h7-11,15H,2-6H2,1H3,(H,20,22). The minimum Gasteiger partial charge on any atom is -0.342 e. The minimum absolute atomic E-state index is 0.000699. The monoisotopic (exact) mass is 296 g/mol. The third kappa shape index (κ3) is 2.40. The van der Waals surface area contributed by atoms with Gasteiger partial charge in [0.1, 0.15) is 5.82 Å². The average molecular weight is 296 g/mol. The summed E-state index contributed by atoms with van der Waals surface area (Å²) < 4.78 is 1.99. The zero-order valence-electron chi connectivity index (χ0n) is 12.7. The van der Waals surface area contributed by atoms with Crippen LogP contribution in [0.15, 0.2) is 24.7 Å². The van der Waals surface area contributed by atoms with Crippen LogP contribution in [0.3, 0.4) is 0 Å². The Morgan fingerprint density at radius 1 is 1.36 bits per heavy atom. The van der Waals surface area contributed by atoms with Crippen LogP contribution in [0.25, 0.3) is 0 Å². The van der Waals surface area contributed by atoms with Crippen LogP contribution >= 0.6 is 0 Å². The Morgan fingerprint density at radius 3 is 2.95 bits per heavy atom. The summed E-state index contributed by atoms with van der Waals surface area (Å²) in [4.78, 5) is 21.5. The van der Waals surface area contributed by atoms with Crippen LogP contribution in [0, 0.1) is 5.92 Å². The molecule has 4 rings (SSSR count). The molecule has 0 aliphatic heterocycles. The number of amides is 1. The van der Waals surface area contributed by atoms with Crippen LogP contribution < -0.4 is 5.32 Å². The molecule has 0 bridgehead atoms. The third-order valence-electron chi connectivity index (χ3n) is 4.70. The summed E-state index contributed by atoms with van der Waals surface area (Å²) in [5, 5.41) is 3.17. The summed E-state index contributed by atoms with van der Waals surface area (Å²) in [5.74, 6) is 1.40. The first-order valence-corrected chi connectivity index (χ1v) is 7.98. The normalized spacial score (nSPS) is 18.0. The molecule has 2 aliphatic rings. The van der Waals surface area contributed by atoms with E-state index in [2.05, 4.69) is 15.3 Å².